The summed E-state index contributed by atoms with van der Waals surface area (Å²) >= 11 is 0. The summed E-state index contributed by atoms with van der Waals surface area (Å²) in [7, 11) is 0. The SMILES string of the molecule is O=CCC1CCCN1C1CCCC1. The first-order valence-corrected chi connectivity index (χ1v) is 5.61. The Labute approximate surface area is 80.3 Å². The molecule has 1 unspecified atom stereocenters. The number of hydrogen-bond acceptors (Lipinski definition) is 2. The molecule has 0 aromatic rings. The van der Waals surface area contributed by atoms with Crippen LogP contribution in [0.25, 0.3) is 0 Å². The first kappa shape index (κ1) is 9.20. The minimum atomic E-state index is 0.584. The fraction of sp³-hybridized carbons (Fsp3) is 0.909. The van der Waals surface area contributed by atoms with Crippen molar-refractivity contribution >= 4 is 6.29 Å². The van der Waals surface area contributed by atoms with E-state index in [2.05, 4.69) is 4.90 Å². The van der Waals surface area contributed by atoms with E-state index in [9.17, 15) is 4.79 Å². The summed E-state index contributed by atoms with van der Waals surface area (Å²) in [6.07, 6.45) is 9.94. The maximum absolute atomic E-state index is 10.5. The summed E-state index contributed by atoms with van der Waals surface area (Å²) in [6.45, 7) is 1.24. The second-order valence-corrected chi connectivity index (χ2v) is 4.37. The smallest absolute Gasteiger partial charge is 0.121 e. The summed E-state index contributed by atoms with van der Waals surface area (Å²) in [5, 5.41) is 0. The molecule has 1 saturated carbocycles. The summed E-state index contributed by atoms with van der Waals surface area (Å²) in [4.78, 5) is 13.1. The number of nitrogens with zero attached hydrogens (tertiary/aromatic N) is 1. The number of aldehydes is 1. The lowest BCUT2D eigenvalue weighted by Crippen LogP contribution is -2.37. The van der Waals surface area contributed by atoms with Crippen molar-refractivity contribution in [1.82, 2.24) is 4.90 Å². The van der Waals surface area contributed by atoms with Crippen molar-refractivity contribution in [3.63, 3.8) is 0 Å². The number of carbonyl (C=O) groups is 1. The second-order valence-electron chi connectivity index (χ2n) is 4.37. The third kappa shape index (κ3) is 1.93. The van der Waals surface area contributed by atoms with Crippen molar-refractivity contribution in [2.75, 3.05) is 6.54 Å². The standard InChI is InChI=1S/C11H19NO/c13-9-7-11-6-3-8-12(11)10-4-1-2-5-10/h9-11H,1-8H2. The van der Waals surface area contributed by atoms with Crippen LogP contribution < -0.4 is 0 Å². The Morgan fingerprint density at radius 3 is 2.62 bits per heavy atom. The van der Waals surface area contributed by atoms with E-state index in [1.54, 1.807) is 0 Å². The van der Waals surface area contributed by atoms with Crippen LogP contribution in [0.5, 0.6) is 0 Å². The van der Waals surface area contributed by atoms with E-state index in [1.165, 1.54) is 45.1 Å². The molecule has 0 N–H and O–H groups in total. The molecule has 1 atom stereocenters. The van der Waals surface area contributed by atoms with Crippen LogP contribution in [-0.4, -0.2) is 29.8 Å². The third-order valence-electron chi connectivity index (χ3n) is 3.58. The molecule has 0 radical (unpaired) electrons. The molecule has 0 bridgehead atoms. The zero-order valence-electron chi connectivity index (χ0n) is 8.24. The monoisotopic (exact) mass is 181 g/mol. The summed E-state index contributed by atoms with van der Waals surface area (Å²) in [6, 6.07) is 1.40. The molecule has 2 heteroatoms. The molecular formula is C11H19NO. The van der Waals surface area contributed by atoms with E-state index in [0.717, 1.165) is 18.7 Å². The van der Waals surface area contributed by atoms with E-state index >= 15 is 0 Å². The summed E-state index contributed by atoms with van der Waals surface area (Å²) < 4.78 is 0. The van der Waals surface area contributed by atoms with Gasteiger partial charge in [-0.25, -0.2) is 0 Å². The molecular weight excluding hydrogens is 162 g/mol. The Hall–Kier alpha value is -0.370. The normalized spacial score (nSPS) is 31.2. The van der Waals surface area contributed by atoms with Gasteiger partial charge in [-0.1, -0.05) is 12.8 Å². The fourth-order valence-corrected chi connectivity index (χ4v) is 2.94. The number of carbonyl (C=O) groups excluding carboxylic acids is 1. The predicted molar refractivity (Wildman–Crippen MR) is 52.7 cm³/mol. The van der Waals surface area contributed by atoms with E-state index in [-0.39, 0.29) is 0 Å². The molecule has 0 aromatic carbocycles. The minimum absolute atomic E-state index is 0.584. The fourth-order valence-electron chi connectivity index (χ4n) is 2.94. The van der Waals surface area contributed by atoms with E-state index < -0.39 is 0 Å². The van der Waals surface area contributed by atoms with Crippen molar-refractivity contribution in [3.05, 3.63) is 0 Å². The number of likely N-dealkylation sites (tertiary alicyclic amines) is 1. The average molecular weight is 181 g/mol. The van der Waals surface area contributed by atoms with Gasteiger partial charge in [-0.3, -0.25) is 4.90 Å². The van der Waals surface area contributed by atoms with Gasteiger partial charge < -0.3 is 4.79 Å². The lowest BCUT2D eigenvalue weighted by atomic mass is 10.1. The quantitative estimate of drug-likeness (QED) is 0.620. The van der Waals surface area contributed by atoms with Crippen LogP contribution in [0.4, 0.5) is 0 Å². The van der Waals surface area contributed by atoms with Crippen LogP contribution in [0.2, 0.25) is 0 Å². The molecule has 2 nitrogen and oxygen atoms in total. The molecule has 1 aliphatic carbocycles. The van der Waals surface area contributed by atoms with Crippen molar-refractivity contribution in [3.8, 4) is 0 Å². The van der Waals surface area contributed by atoms with Gasteiger partial charge >= 0.3 is 0 Å². The summed E-state index contributed by atoms with van der Waals surface area (Å²) in [5.41, 5.74) is 0. The Kier molecular flexibility index (Phi) is 2.99. The lowest BCUT2D eigenvalue weighted by molar-refractivity contribution is -0.108. The van der Waals surface area contributed by atoms with Crippen LogP contribution in [-0.2, 0) is 4.79 Å². The van der Waals surface area contributed by atoms with Gasteiger partial charge in [0, 0.05) is 18.5 Å². The predicted octanol–water partition coefficient (Wildman–Crippen LogP) is 1.98. The molecule has 0 aromatic heterocycles. The molecule has 1 heterocycles. The largest absolute Gasteiger partial charge is 0.303 e. The number of hydrogen-bond donors (Lipinski definition) is 0. The van der Waals surface area contributed by atoms with Crippen molar-refractivity contribution in [2.24, 2.45) is 0 Å². The van der Waals surface area contributed by atoms with Crippen LogP contribution in [0.3, 0.4) is 0 Å². The van der Waals surface area contributed by atoms with Crippen LogP contribution in [0.15, 0.2) is 0 Å². The van der Waals surface area contributed by atoms with Gasteiger partial charge in [-0.2, -0.15) is 0 Å². The first-order chi connectivity index (χ1) is 6.42. The van der Waals surface area contributed by atoms with Gasteiger partial charge in [0.15, 0.2) is 0 Å². The first-order valence-electron chi connectivity index (χ1n) is 5.61. The highest BCUT2D eigenvalue weighted by molar-refractivity contribution is 5.50. The Morgan fingerprint density at radius 1 is 1.15 bits per heavy atom. The topological polar surface area (TPSA) is 20.3 Å². The van der Waals surface area contributed by atoms with Crippen LogP contribution in [0, 0.1) is 0 Å². The van der Waals surface area contributed by atoms with Crippen molar-refractivity contribution < 1.29 is 4.79 Å². The molecule has 74 valence electrons. The van der Waals surface area contributed by atoms with Gasteiger partial charge in [0.25, 0.3) is 0 Å². The van der Waals surface area contributed by atoms with E-state index in [4.69, 9.17) is 0 Å². The molecule has 1 saturated heterocycles. The molecule has 2 fully saturated rings. The zero-order chi connectivity index (χ0) is 9.10. The van der Waals surface area contributed by atoms with Crippen LogP contribution >= 0.6 is 0 Å². The van der Waals surface area contributed by atoms with Crippen molar-refractivity contribution in [2.45, 2.75) is 57.0 Å². The Balaban J connectivity index is 1.91. The second kappa shape index (κ2) is 4.23. The van der Waals surface area contributed by atoms with E-state index in [0.29, 0.717) is 6.04 Å². The van der Waals surface area contributed by atoms with Gasteiger partial charge in [0.1, 0.15) is 6.29 Å². The molecule has 0 spiro atoms. The highest BCUT2D eigenvalue weighted by Gasteiger charge is 2.31. The van der Waals surface area contributed by atoms with Gasteiger partial charge in [-0.05, 0) is 32.2 Å². The molecule has 1 aliphatic heterocycles. The zero-order valence-corrected chi connectivity index (χ0v) is 8.24. The van der Waals surface area contributed by atoms with Gasteiger partial charge in [0.2, 0.25) is 0 Å². The highest BCUT2D eigenvalue weighted by atomic mass is 16.1. The Bertz CT molecular complexity index is 175. The molecule has 13 heavy (non-hydrogen) atoms. The average Bonchev–Trinajstić information content (AvgIpc) is 2.71. The minimum Gasteiger partial charge on any atom is -0.303 e. The van der Waals surface area contributed by atoms with Crippen molar-refractivity contribution in [1.29, 1.82) is 0 Å². The Morgan fingerprint density at radius 2 is 1.92 bits per heavy atom. The molecule has 2 aliphatic rings. The maximum Gasteiger partial charge on any atom is 0.121 e. The third-order valence-corrected chi connectivity index (χ3v) is 3.58. The number of rotatable bonds is 3. The van der Waals surface area contributed by atoms with Gasteiger partial charge in [0.05, 0.1) is 0 Å². The molecule has 0 amide bonds. The maximum atomic E-state index is 10.5. The summed E-state index contributed by atoms with van der Waals surface area (Å²) in [5.74, 6) is 0. The van der Waals surface area contributed by atoms with E-state index in [1.807, 2.05) is 0 Å². The highest BCUT2D eigenvalue weighted by Crippen LogP contribution is 2.30. The molecule has 2 rings (SSSR count). The van der Waals surface area contributed by atoms with Crippen LogP contribution in [0.1, 0.15) is 44.9 Å². The van der Waals surface area contributed by atoms with Gasteiger partial charge in [-0.15, -0.1) is 0 Å². The lowest BCUT2D eigenvalue weighted by Gasteiger charge is -2.29.